The van der Waals surface area contributed by atoms with Crippen LogP contribution in [0.4, 0.5) is 4.39 Å². The number of hydrogen-bond donors (Lipinski definition) is 3. The summed E-state index contributed by atoms with van der Waals surface area (Å²) >= 11 is 5.56. The Morgan fingerprint density at radius 3 is 2.86 bits per heavy atom. The van der Waals surface area contributed by atoms with Gasteiger partial charge in [-0.05, 0) is 18.6 Å². The lowest BCUT2D eigenvalue weighted by molar-refractivity contribution is -0.123. The van der Waals surface area contributed by atoms with Gasteiger partial charge >= 0.3 is 0 Å². The largest absolute Gasteiger partial charge is 0.484 e. The lowest BCUT2D eigenvalue weighted by Gasteiger charge is -2.12. The number of aromatic nitrogens is 1. The molecule has 0 saturated carbocycles. The van der Waals surface area contributed by atoms with Crippen LogP contribution in [0.2, 0.25) is 5.02 Å². The lowest BCUT2D eigenvalue weighted by atomic mass is 10.2. The van der Waals surface area contributed by atoms with Gasteiger partial charge in [0.1, 0.15) is 11.6 Å². The standard InChI is InChI=1S/C18H21ClFN3O5/c1-2-17-22-9-15(28-17)18(26)23-8-11(24)5-6-21-16(25)10-27-12-3-4-13(19)14(20)7-12/h3-4,7,9,11,24H,2,5-6,8,10H2,1H3,(H,21,25)(H,23,26)/t11-/m0/s1. The molecule has 0 bridgehead atoms. The van der Waals surface area contributed by atoms with Crippen molar-refractivity contribution in [3.8, 4) is 5.75 Å². The summed E-state index contributed by atoms with van der Waals surface area (Å²) < 4.78 is 23.6. The molecule has 10 heteroatoms. The number of benzene rings is 1. The third-order valence-corrected chi connectivity index (χ3v) is 3.95. The first-order chi connectivity index (χ1) is 13.4. The summed E-state index contributed by atoms with van der Waals surface area (Å²) in [4.78, 5) is 27.5. The number of carbonyl (C=O) groups excluding carboxylic acids is 2. The van der Waals surface area contributed by atoms with Gasteiger partial charge in [-0.25, -0.2) is 9.37 Å². The molecular weight excluding hydrogens is 393 g/mol. The van der Waals surface area contributed by atoms with Crippen molar-refractivity contribution < 1.29 is 28.2 Å². The number of oxazole rings is 1. The molecule has 0 aliphatic carbocycles. The number of ether oxygens (including phenoxy) is 1. The van der Waals surface area contributed by atoms with Crippen molar-refractivity contribution in [2.24, 2.45) is 0 Å². The van der Waals surface area contributed by atoms with Crippen LogP contribution in [0.15, 0.2) is 28.8 Å². The van der Waals surface area contributed by atoms with Gasteiger partial charge in [0, 0.05) is 25.6 Å². The third-order valence-electron chi connectivity index (χ3n) is 3.64. The van der Waals surface area contributed by atoms with Gasteiger partial charge in [0.05, 0.1) is 17.3 Å². The highest BCUT2D eigenvalue weighted by molar-refractivity contribution is 6.30. The Kier molecular flexibility index (Phi) is 8.21. The molecule has 28 heavy (non-hydrogen) atoms. The molecule has 2 amide bonds. The van der Waals surface area contributed by atoms with Gasteiger partial charge in [0.25, 0.3) is 11.8 Å². The summed E-state index contributed by atoms with van der Waals surface area (Å²) in [6.45, 7) is 1.72. The van der Waals surface area contributed by atoms with Crippen LogP contribution < -0.4 is 15.4 Å². The number of nitrogens with one attached hydrogen (secondary N) is 2. The molecule has 0 unspecified atom stereocenters. The zero-order valence-electron chi connectivity index (χ0n) is 15.2. The Bertz CT molecular complexity index is 814. The second-order valence-corrected chi connectivity index (χ2v) is 6.25. The fourth-order valence-corrected chi connectivity index (χ4v) is 2.24. The van der Waals surface area contributed by atoms with E-state index in [1.807, 2.05) is 6.92 Å². The molecule has 0 aliphatic rings. The molecule has 1 heterocycles. The van der Waals surface area contributed by atoms with Crippen LogP contribution in [-0.2, 0) is 11.2 Å². The van der Waals surface area contributed by atoms with Crippen molar-refractivity contribution in [3.05, 3.63) is 46.9 Å². The minimum absolute atomic E-state index is 0.00257. The van der Waals surface area contributed by atoms with Crippen molar-refractivity contribution in [2.75, 3.05) is 19.7 Å². The molecule has 0 aliphatic heterocycles. The second kappa shape index (κ2) is 10.6. The summed E-state index contributed by atoms with van der Waals surface area (Å²) in [5.41, 5.74) is 0. The molecule has 2 aromatic rings. The highest BCUT2D eigenvalue weighted by Gasteiger charge is 2.14. The van der Waals surface area contributed by atoms with E-state index in [-0.39, 0.29) is 42.6 Å². The molecule has 0 radical (unpaired) electrons. The van der Waals surface area contributed by atoms with Crippen LogP contribution in [0.25, 0.3) is 0 Å². The minimum Gasteiger partial charge on any atom is -0.484 e. The molecule has 3 N–H and O–H groups in total. The number of hydrogen-bond acceptors (Lipinski definition) is 6. The van der Waals surface area contributed by atoms with Crippen molar-refractivity contribution in [2.45, 2.75) is 25.9 Å². The first-order valence-corrected chi connectivity index (χ1v) is 9.02. The summed E-state index contributed by atoms with van der Waals surface area (Å²) in [6.07, 6.45) is 1.27. The van der Waals surface area contributed by atoms with Gasteiger partial charge in [-0.15, -0.1) is 0 Å². The van der Waals surface area contributed by atoms with Crippen LogP contribution in [-0.4, -0.2) is 47.7 Å². The maximum atomic E-state index is 13.3. The summed E-state index contributed by atoms with van der Waals surface area (Å²) in [5, 5.41) is 14.9. The molecule has 0 spiro atoms. The molecular formula is C18H21ClFN3O5. The minimum atomic E-state index is -0.857. The highest BCUT2D eigenvalue weighted by atomic mass is 35.5. The van der Waals surface area contributed by atoms with Crippen LogP contribution in [0, 0.1) is 5.82 Å². The monoisotopic (exact) mass is 413 g/mol. The number of carbonyl (C=O) groups is 2. The molecule has 1 aromatic heterocycles. The Labute approximate surface area is 166 Å². The number of halogens is 2. The number of rotatable bonds is 10. The molecule has 1 atom stereocenters. The summed E-state index contributed by atoms with van der Waals surface area (Å²) in [5.74, 6) is -0.830. The Morgan fingerprint density at radius 2 is 2.18 bits per heavy atom. The Balaban J connectivity index is 1.61. The average Bonchev–Trinajstić information content (AvgIpc) is 3.16. The van der Waals surface area contributed by atoms with Crippen LogP contribution in [0.1, 0.15) is 29.8 Å². The van der Waals surface area contributed by atoms with Crippen LogP contribution in [0.3, 0.4) is 0 Å². The van der Waals surface area contributed by atoms with Gasteiger partial charge in [-0.3, -0.25) is 9.59 Å². The molecule has 1 aromatic carbocycles. The van der Waals surface area contributed by atoms with Crippen molar-refractivity contribution in [1.29, 1.82) is 0 Å². The molecule has 0 saturated heterocycles. The second-order valence-electron chi connectivity index (χ2n) is 5.84. The van der Waals surface area contributed by atoms with Crippen LogP contribution in [0.5, 0.6) is 5.75 Å². The fourth-order valence-electron chi connectivity index (χ4n) is 2.12. The Hall–Kier alpha value is -2.65. The van der Waals surface area contributed by atoms with E-state index in [4.69, 9.17) is 20.8 Å². The fraction of sp³-hybridized carbons (Fsp3) is 0.389. The first-order valence-electron chi connectivity index (χ1n) is 8.64. The average molecular weight is 414 g/mol. The number of amides is 2. The van der Waals surface area contributed by atoms with Crippen molar-refractivity contribution in [3.63, 3.8) is 0 Å². The van der Waals surface area contributed by atoms with E-state index in [1.54, 1.807) is 0 Å². The summed E-state index contributed by atoms with van der Waals surface area (Å²) in [6, 6.07) is 3.86. The number of aliphatic hydroxyl groups excluding tert-OH is 1. The van der Waals surface area contributed by atoms with E-state index in [2.05, 4.69) is 15.6 Å². The van der Waals surface area contributed by atoms with E-state index in [1.165, 1.54) is 18.3 Å². The molecule has 8 nitrogen and oxygen atoms in total. The van der Waals surface area contributed by atoms with Gasteiger partial charge < -0.3 is 24.9 Å². The maximum Gasteiger partial charge on any atom is 0.288 e. The van der Waals surface area contributed by atoms with Crippen molar-refractivity contribution >= 4 is 23.4 Å². The van der Waals surface area contributed by atoms with Gasteiger partial charge in [0.15, 0.2) is 12.5 Å². The van der Waals surface area contributed by atoms with Crippen LogP contribution >= 0.6 is 11.6 Å². The molecule has 0 fully saturated rings. The smallest absolute Gasteiger partial charge is 0.288 e. The van der Waals surface area contributed by atoms with E-state index in [0.717, 1.165) is 6.07 Å². The van der Waals surface area contributed by atoms with Gasteiger partial charge in [-0.2, -0.15) is 0 Å². The number of aliphatic hydroxyl groups is 1. The van der Waals surface area contributed by atoms with E-state index < -0.39 is 23.7 Å². The topological polar surface area (TPSA) is 114 Å². The SMILES string of the molecule is CCc1ncc(C(=O)NC[C@@H](O)CCNC(=O)COc2ccc(Cl)c(F)c2)o1. The van der Waals surface area contributed by atoms with Gasteiger partial charge in [0.2, 0.25) is 5.76 Å². The molecule has 152 valence electrons. The predicted molar refractivity (Wildman–Crippen MR) is 98.8 cm³/mol. The van der Waals surface area contributed by atoms with E-state index >= 15 is 0 Å². The Morgan fingerprint density at radius 1 is 1.39 bits per heavy atom. The predicted octanol–water partition coefficient (Wildman–Crippen LogP) is 1.71. The molecule has 2 rings (SSSR count). The lowest BCUT2D eigenvalue weighted by Crippen LogP contribution is -2.36. The number of aryl methyl sites for hydroxylation is 1. The van der Waals surface area contributed by atoms with E-state index in [0.29, 0.717) is 12.3 Å². The highest BCUT2D eigenvalue weighted by Crippen LogP contribution is 2.20. The zero-order valence-corrected chi connectivity index (χ0v) is 16.0. The van der Waals surface area contributed by atoms with Crippen molar-refractivity contribution in [1.82, 2.24) is 15.6 Å². The van der Waals surface area contributed by atoms with E-state index in [9.17, 15) is 19.1 Å². The maximum absolute atomic E-state index is 13.3. The third kappa shape index (κ3) is 6.82. The number of nitrogens with zero attached hydrogens (tertiary/aromatic N) is 1. The summed E-state index contributed by atoms with van der Waals surface area (Å²) in [7, 11) is 0. The quantitative estimate of drug-likeness (QED) is 0.546. The first kappa shape index (κ1) is 21.6. The van der Waals surface area contributed by atoms with Gasteiger partial charge in [-0.1, -0.05) is 18.5 Å². The zero-order chi connectivity index (χ0) is 20.5. The normalized spacial score (nSPS) is 11.7.